The van der Waals surface area contributed by atoms with Gasteiger partial charge in [-0.2, -0.15) is 21.6 Å². The number of fused-ring (bicyclic) bond motifs is 1. The van der Waals surface area contributed by atoms with Crippen LogP contribution in [0.25, 0.3) is 0 Å². The zero-order valence-electron chi connectivity index (χ0n) is 10.2. The number of thioether (sulfide) groups is 1. The monoisotopic (exact) mass is 329 g/mol. The second-order valence-electron chi connectivity index (χ2n) is 4.21. The molecule has 0 aromatic carbocycles. The van der Waals surface area contributed by atoms with Gasteiger partial charge in [-0.15, -0.1) is 11.8 Å². The molecule has 0 N–H and O–H groups in total. The van der Waals surface area contributed by atoms with Gasteiger partial charge in [0.2, 0.25) is 5.91 Å². The van der Waals surface area contributed by atoms with Crippen molar-refractivity contribution in [2.24, 2.45) is 0 Å². The minimum atomic E-state index is -5.65. The summed E-state index contributed by atoms with van der Waals surface area (Å²) in [5, 5.41) is 0.0692. The average molecular weight is 329 g/mol. The highest BCUT2D eigenvalue weighted by molar-refractivity contribution is 8.00. The Morgan fingerprint density at radius 2 is 2.20 bits per heavy atom. The largest absolute Gasteiger partial charge is 0.534 e. The summed E-state index contributed by atoms with van der Waals surface area (Å²) in [4.78, 5) is 12.7. The van der Waals surface area contributed by atoms with E-state index in [0.717, 1.165) is 6.92 Å². The molecule has 1 saturated heterocycles. The first kappa shape index (κ1) is 15.2. The molecule has 0 aromatic rings. The van der Waals surface area contributed by atoms with Crippen molar-refractivity contribution >= 4 is 27.8 Å². The van der Waals surface area contributed by atoms with Gasteiger partial charge in [0.1, 0.15) is 5.76 Å². The fraction of sp³-hybridized carbons (Fsp3) is 0.500. The van der Waals surface area contributed by atoms with Crippen molar-refractivity contribution in [3.63, 3.8) is 0 Å². The third-order valence-electron chi connectivity index (χ3n) is 2.61. The lowest BCUT2D eigenvalue weighted by molar-refractivity contribution is -0.137. The normalized spacial score (nSPS) is 23.9. The third kappa shape index (κ3) is 2.95. The highest BCUT2D eigenvalue weighted by Gasteiger charge is 2.48. The lowest BCUT2D eigenvalue weighted by atomic mass is 10.2. The summed E-state index contributed by atoms with van der Waals surface area (Å²) in [6.07, 6.45) is 3.12. The Hall–Kier alpha value is -1.16. The van der Waals surface area contributed by atoms with E-state index in [1.807, 2.05) is 0 Å². The number of allylic oxidation sites excluding steroid dienone is 2. The molecule has 0 saturated carbocycles. The molecular formula is C10H10F3NO4S2. The molecule has 5 nitrogen and oxygen atoms in total. The molecule has 2 rings (SSSR count). The van der Waals surface area contributed by atoms with Crippen molar-refractivity contribution in [1.82, 2.24) is 4.90 Å². The number of carbonyl (C=O) groups excluding carboxylic acids is 1. The molecule has 0 bridgehead atoms. The summed E-state index contributed by atoms with van der Waals surface area (Å²) in [7, 11) is -5.65. The van der Waals surface area contributed by atoms with Crippen LogP contribution in [0.3, 0.4) is 0 Å². The van der Waals surface area contributed by atoms with Gasteiger partial charge in [0, 0.05) is 12.0 Å². The molecular weight excluding hydrogens is 319 g/mol. The summed E-state index contributed by atoms with van der Waals surface area (Å²) in [5.74, 6) is -0.00326. The van der Waals surface area contributed by atoms with Crippen LogP contribution in [-0.4, -0.2) is 35.9 Å². The molecule has 10 heteroatoms. The molecule has 2 heterocycles. The Morgan fingerprint density at radius 1 is 1.55 bits per heavy atom. The molecule has 20 heavy (non-hydrogen) atoms. The van der Waals surface area contributed by atoms with E-state index in [-0.39, 0.29) is 11.3 Å². The third-order valence-corrected chi connectivity index (χ3v) is 4.94. The van der Waals surface area contributed by atoms with Crippen molar-refractivity contribution in [2.75, 3.05) is 5.75 Å². The second-order valence-corrected chi connectivity index (χ2v) is 6.92. The van der Waals surface area contributed by atoms with Gasteiger partial charge in [0.05, 0.1) is 11.8 Å². The number of nitrogens with zero attached hydrogens (tertiary/aromatic N) is 1. The lowest BCUT2D eigenvalue weighted by Gasteiger charge is -2.40. The molecule has 0 aromatic heterocycles. The summed E-state index contributed by atoms with van der Waals surface area (Å²) in [6.45, 7) is 1.11. The number of amides is 1. The van der Waals surface area contributed by atoms with Gasteiger partial charge in [-0.05, 0) is 18.6 Å². The van der Waals surface area contributed by atoms with Gasteiger partial charge in [-0.25, -0.2) is 0 Å². The van der Waals surface area contributed by atoms with E-state index in [0.29, 0.717) is 17.7 Å². The Morgan fingerprint density at radius 3 is 2.75 bits per heavy atom. The first-order valence-corrected chi connectivity index (χ1v) is 7.88. The van der Waals surface area contributed by atoms with E-state index < -0.39 is 21.4 Å². The van der Waals surface area contributed by atoms with E-state index >= 15 is 0 Å². The Bertz CT molecular complexity index is 594. The van der Waals surface area contributed by atoms with Gasteiger partial charge in [-0.1, -0.05) is 0 Å². The molecule has 0 aliphatic carbocycles. The molecule has 2 aliphatic rings. The van der Waals surface area contributed by atoms with Crippen molar-refractivity contribution < 1.29 is 30.6 Å². The van der Waals surface area contributed by atoms with Crippen LogP contribution < -0.4 is 0 Å². The SMILES string of the molecule is CC(=CC1=CN2C(=O)CC2SC1)OS(=O)(=O)C(F)(F)F. The highest BCUT2D eigenvalue weighted by Crippen LogP contribution is 2.36. The fourth-order valence-corrected chi connectivity index (χ4v) is 3.32. The van der Waals surface area contributed by atoms with Crippen LogP contribution in [0.2, 0.25) is 0 Å². The molecule has 1 fully saturated rings. The van der Waals surface area contributed by atoms with E-state index in [4.69, 9.17) is 0 Å². The van der Waals surface area contributed by atoms with Gasteiger partial charge < -0.3 is 9.08 Å². The van der Waals surface area contributed by atoms with Crippen LogP contribution in [0.1, 0.15) is 13.3 Å². The molecule has 1 atom stereocenters. The van der Waals surface area contributed by atoms with Crippen molar-refractivity contribution in [1.29, 1.82) is 0 Å². The summed E-state index contributed by atoms with van der Waals surface area (Å²) in [5.41, 5.74) is -4.94. The van der Waals surface area contributed by atoms with E-state index in [2.05, 4.69) is 4.18 Å². The summed E-state index contributed by atoms with van der Waals surface area (Å²) >= 11 is 1.46. The molecule has 112 valence electrons. The van der Waals surface area contributed by atoms with Crippen molar-refractivity contribution in [3.05, 3.63) is 23.6 Å². The fourth-order valence-electron chi connectivity index (χ4n) is 1.69. The first-order valence-electron chi connectivity index (χ1n) is 5.43. The van der Waals surface area contributed by atoms with Gasteiger partial charge >= 0.3 is 15.6 Å². The van der Waals surface area contributed by atoms with Gasteiger partial charge in [0.15, 0.2) is 0 Å². The zero-order valence-corrected chi connectivity index (χ0v) is 11.8. The van der Waals surface area contributed by atoms with E-state index in [1.165, 1.54) is 28.9 Å². The van der Waals surface area contributed by atoms with E-state index in [9.17, 15) is 26.4 Å². The predicted octanol–water partition coefficient (Wildman–Crippen LogP) is 1.95. The second kappa shape index (κ2) is 4.99. The standard InChI is InChI=1S/C10H10F3NO4S2/c1-6(18-20(16,17)10(11,12)13)2-7-4-14-8(15)3-9(14)19-5-7/h2,4,9H,3,5H2,1H3. The van der Waals surface area contributed by atoms with Crippen LogP contribution in [-0.2, 0) is 19.1 Å². The van der Waals surface area contributed by atoms with Crippen molar-refractivity contribution in [2.45, 2.75) is 24.2 Å². The molecule has 0 radical (unpaired) electrons. The first-order chi connectivity index (χ1) is 9.10. The number of carbonyl (C=O) groups is 1. The summed E-state index contributed by atoms with van der Waals surface area (Å²) in [6, 6.07) is 0. The predicted molar refractivity (Wildman–Crippen MR) is 65.6 cm³/mol. The highest BCUT2D eigenvalue weighted by atomic mass is 32.2. The molecule has 1 unspecified atom stereocenters. The van der Waals surface area contributed by atoms with E-state index in [1.54, 1.807) is 0 Å². The van der Waals surface area contributed by atoms with Gasteiger partial charge in [-0.3, -0.25) is 4.79 Å². The minimum absolute atomic E-state index is 0.0692. The smallest absolute Gasteiger partial charge is 0.381 e. The topological polar surface area (TPSA) is 63.7 Å². The van der Waals surface area contributed by atoms with Crippen molar-refractivity contribution in [3.8, 4) is 0 Å². The zero-order chi connectivity index (χ0) is 15.1. The Kier molecular flexibility index (Phi) is 3.80. The van der Waals surface area contributed by atoms with Crippen LogP contribution in [0.4, 0.5) is 13.2 Å². The molecule has 2 aliphatic heterocycles. The average Bonchev–Trinajstić information content (AvgIpc) is 2.27. The maximum absolute atomic E-state index is 12.1. The van der Waals surface area contributed by atoms with Gasteiger partial charge in [0.25, 0.3) is 0 Å². The lowest BCUT2D eigenvalue weighted by Crippen LogP contribution is -2.49. The van der Waals surface area contributed by atoms with Crippen LogP contribution >= 0.6 is 11.8 Å². The quantitative estimate of drug-likeness (QED) is 0.343. The van der Waals surface area contributed by atoms with Crippen LogP contribution in [0.15, 0.2) is 23.6 Å². The number of β-lactam (4-membered cyclic amide) rings is 1. The van der Waals surface area contributed by atoms with Crippen LogP contribution in [0.5, 0.6) is 0 Å². The Labute approximate surface area is 117 Å². The summed E-state index contributed by atoms with van der Waals surface area (Å²) < 4.78 is 62.0. The Balaban J connectivity index is 2.10. The maximum atomic E-state index is 12.1. The molecule has 0 spiro atoms. The maximum Gasteiger partial charge on any atom is 0.534 e. The number of rotatable bonds is 3. The molecule has 1 amide bonds. The number of alkyl halides is 3. The number of hydrogen-bond donors (Lipinski definition) is 0. The minimum Gasteiger partial charge on any atom is -0.381 e. The number of hydrogen-bond acceptors (Lipinski definition) is 5. The number of halogens is 3. The van der Waals surface area contributed by atoms with Crippen LogP contribution in [0, 0.1) is 0 Å².